The van der Waals surface area contributed by atoms with Gasteiger partial charge in [0.05, 0.1) is 34.0 Å². The van der Waals surface area contributed by atoms with Gasteiger partial charge in [-0.1, -0.05) is 23.4 Å². The maximum atomic E-state index is 10.1. The molecule has 0 atom stereocenters. The van der Waals surface area contributed by atoms with Gasteiger partial charge in [-0.25, -0.2) is 4.98 Å². The normalized spacial score (nSPS) is 25.1. The van der Waals surface area contributed by atoms with Gasteiger partial charge in [0.15, 0.2) is 5.16 Å². The maximum Gasteiger partial charge on any atom is 0.166 e. The van der Waals surface area contributed by atoms with Crippen LogP contribution in [0.5, 0.6) is 0 Å². The minimum atomic E-state index is -0.505. The lowest BCUT2D eigenvalue weighted by Gasteiger charge is -2.36. The Morgan fingerprint density at radius 3 is 2.50 bits per heavy atom. The molecule has 170 valence electrons. The van der Waals surface area contributed by atoms with E-state index in [2.05, 4.69) is 20.9 Å². The molecule has 0 bridgehead atoms. The van der Waals surface area contributed by atoms with Gasteiger partial charge in [-0.05, 0) is 44.7 Å². The number of aromatic amines is 1. The van der Waals surface area contributed by atoms with E-state index in [0.29, 0.717) is 5.25 Å². The predicted octanol–water partition coefficient (Wildman–Crippen LogP) is 3.96. The summed E-state index contributed by atoms with van der Waals surface area (Å²) in [5.74, 6) is 0. The molecule has 1 saturated heterocycles. The summed E-state index contributed by atoms with van der Waals surface area (Å²) >= 11 is 8.36. The number of nitrogens with zero attached hydrogens (tertiary/aromatic N) is 3. The number of hydrogen-bond donors (Lipinski definition) is 3. The molecule has 2 fully saturated rings. The van der Waals surface area contributed by atoms with Crippen LogP contribution in [-0.4, -0.2) is 75.3 Å². The van der Waals surface area contributed by atoms with E-state index in [-0.39, 0.29) is 31.4 Å². The molecule has 4 rings (SSSR count). The van der Waals surface area contributed by atoms with E-state index in [0.717, 1.165) is 85.3 Å². The first-order valence-electron chi connectivity index (χ1n) is 10.1. The molecule has 0 radical (unpaired) electrons. The van der Waals surface area contributed by atoms with E-state index in [9.17, 15) is 5.11 Å². The number of hydrogen-bond acceptors (Lipinski definition) is 6. The highest BCUT2D eigenvalue weighted by molar-refractivity contribution is 7.99. The molecule has 2 aliphatic rings. The van der Waals surface area contributed by atoms with Crippen LogP contribution in [0.15, 0.2) is 17.3 Å². The molecule has 0 amide bonds. The number of aliphatic hydroxyl groups excluding tert-OH is 1. The van der Waals surface area contributed by atoms with Gasteiger partial charge in [0.2, 0.25) is 0 Å². The Morgan fingerprint density at radius 2 is 1.87 bits per heavy atom. The number of fused-ring (bicyclic) bond motifs is 1. The third-order valence-corrected chi connectivity index (χ3v) is 7.47. The van der Waals surface area contributed by atoms with Crippen LogP contribution >= 0.6 is 48.2 Å². The Morgan fingerprint density at radius 1 is 1.20 bits per heavy atom. The number of β-amino-alcohol motifs (C(OH)–C–C–N with tert-alkyl or cyclic N) is 1. The highest BCUT2D eigenvalue weighted by Gasteiger charge is 2.29. The molecule has 1 aliphatic carbocycles. The molecule has 0 spiro atoms. The molecule has 10 heteroatoms. The maximum absolute atomic E-state index is 10.1. The Labute approximate surface area is 199 Å². The number of thioether (sulfide) groups is 1. The topological polar surface area (TPSA) is 75.6 Å². The van der Waals surface area contributed by atoms with Crippen LogP contribution in [0.2, 0.25) is 5.02 Å². The van der Waals surface area contributed by atoms with Gasteiger partial charge in [-0.2, -0.15) is 0 Å². The lowest BCUT2D eigenvalue weighted by molar-refractivity contribution is 0.0240. The van der Waals surface area contributed by atoms with Crippen LogP contribution in [-0.2, 0) is 0 Å². The first-order chi connectivity index (χ1) is 13.4. The Kier molecular flexibility index (Phi) is 9.43. The zero-order valence-electron chi connectivity index (χ0n) is 17.1. The van der Waals surface area contributed by atoms with E-state index < -0.39 is 5.60 Å². The van der Waals surface area contributed by atoms with Crippen molar-refractivity contribution in [3.8, 4) is 0 Å². The first-order valence-corrected chi connectivity index (χ1v) is 11.4. The molecular formula is C20H31Cl3N4O2S. The van der Waals surface area contributed by atoms with Crippen LogP contribution in [0.4, 0.5) is 5.69 Å². The molecule has 1 aromatic carbocycles. The molecule has 30 heavy (non-hydrogen) atoms. The van der Waals surface area contributed by atoms with Crippen molar-refractivity contribution in [1.29, 1.82) is 0 Å². The lowest BCUT2D eigenvalue weighted by atomic mass is 9.86. The van der Waals surface area contributed by atoms with E-state index in [4.69, 9.17) is 21.7 Å². The van der Waals surface area contributed by atoms with Gasteiger partial charge in [0.1, 0.15) is 0 Å². The van der Waals surface area contributed by atoms with Gasteiger partial charge < -0.3 is 20.1 Å². The predicted molar refractivity (Wildman–Crippen MR) is 130 cm³/mol. The lowest BCUT2D eigenvalue weighted by Crippen LogP contribution is -2.47. The summed E-state index contributed by atoms with van der Waals surface area (Å²) in [6.45, 7) is 6.56. The number of aliphatic hydroxyl groups is 2. The summed E-state index contributed by atoms with van der Waals surface area (Å²) in [5, 5.41) is 21.4. The van der Waals surface area contributed by atoms with Crippen molar-refractivity contribution >= 4 is 64.9 Å². The number of imidazole rings is 1. The molecule has 1 aliphatic heterocycles. The fourth-order valence-electron chi connectivity index (χ4n) is 4.14. The third-order valence-electron chi connectivity index (χ3n) is 5.95. The number of anilines is 1. The number of nitrogens with one attached hydrogen (secondary N) is 1. The summed E-state index contributed by atoms with van der Waals surface area (Å²) < 4.78 is 0. The molecule has 3 N–H and O–H groups in total. The third kappa shape index (κ3) is 6.09. The van der Waals surface area contributed by atoms with Gasteiger partial charge >= 0.3 is 0 Å². The number of benzene rings is 1. The fraction of sp³-hybridized carbons (Fsp3) is 0.650. The van der Waals surface area contributed by atoms with Crippen LogP contribution in [0.1, 0.15) is 32.6 Å². The standard InChI is InChI=1S/C20H29ClN4O2S.2ClH/c1-20(27)4-2-14(3-5-20)28-19-22-16-12-15(21)18(13-17(16)23-19)25-8-6-24(7-9-25)10-11-26;;/h12-14,26-27H,2-11H2,1H3,(H,22,23);2*1H. The van der Waals surface area contributed by atoms with E-state index in [1.807, 2.05) is 13.0 Å². The number of aromatic nitrogens is 2. The average Bonchev–Trinajstić information content (AvgIpc) is 3.05. The zero-order chi connectivity index (χ0) is 19.7. The first kappa shape index (κ1) is 25.8. The summed E-state index contributed by atoms with van der Waals surface area (Å²) in [7, 11) is 0. The largest absolute Gasteiger partial charge is 0.395 e. The van der Waals surface area contributed by atoms with Gasteiger partial charge in [-0.15, -0.1) is 24.8 Å². The summed E-state index contributed by atoms with van der Waals surface area (Å²) in [5.41, 5.74) is 2.46. The average molecular weight is 498 g/mol. The van der Waals surface area contributed by atoms with Gasteiger partial charge in [0.25, 0.3) is 0 Å². The zero-order valence-corrected chi connectivity index (χ0v) is 20.3. The van der Waals surface area contributed by atoms with Crippen molar-refractivity contribution in [3.63, 3.8) is 0 Å². The number of halogens is 3. The molecule has 2 heterocycles. The Balaban J connectivity index is 0.00000160. The monoisotopic (exact) mass is 496 g/mol. The van der Waals surface area contributed by atoms with Gasteiger partial charge in [0, 0.05) is 38.0 Å². The second kappa shape index (κ2) is 10.9. The van der Waals surface area contributed by atoms with Crippen molar-refractivity contribution in [2.24, 2.45) is 0 Å². The van der Waals surface area contributed by atoms with E-state index in [1.165, 1.54) is 0 Å². The highest BCUT2D eigenvalue weighted by atomic mass is 35.5. The SMILES string of the molecule is CC1(O)CCC(Sc2nc3cc(Cl)c(N4CCN(CCO)CC4)cc3[nH]2)CC1.Cl.Cl. The summed E-state index contributed by atoms with van der Waals surface area (Å²) in [6, 6.07) is 4.07. The van der Waals surface area contributed by atoms with E-state index in [1.54, 1.807) is 11.8 Å². The minimum Gasteiger partial charge on any atom is -0.395 e. The second-order valence-electron chi connectivity index (χ2n) is 8.23. The number of rotatable bonds is 5. The van der Waals surface area contributed by atoms with Crippen molar-refractivity contribution in [2.45, 2.75) is 48.6 Å². The van der Waals surface area contributed by atoms with Crippen LogP contribution in [0.3, 0.4) is 0 Å². The van der Waals surface area contributed by atoms with Gasteiger partial charge in [-0.3, -0.25) is 4.90 Å². The highest BCUT2D eigenvalue weighted by Crippen LogP contribution is 2.38. The van der Waals surface area contributed by atoms with Crippen LogP contribution < -0.4 is 4.90 Å². The smallest absolute Gasteiger partial charge is 0.166 e. The molecule has 6 nitrogen and oxygen atoms in total. The van der Waals surface area contributed by atoms with Crippen molar-refractivity contribution in [2.75, 3.05) is 44.2 Å². The molecule has 1 aromatic heterocycles. The number of piperazine rings is 1. The van der Waals surface area contributed by atoms with Crippen molar-refractivity contribution < 1.29 is 10.2 Å². The van der Waals surface area contributed by atoms with Crippen molar-refractivity contribution in [3.05, 3.63) is 17.2 Å². The Bertz CT molecular complexity index is 818. The van der Waals surface area contributed by atoms with Crippen LogP contribution in [0, 0.1) is 0 Å². The number of H-pyrrole nitrogens is 1. The van der Waals surface area contributed by atoms with Crippen LogP contribution in [0.25, 0.3) is 11.0 Å². The van der Waals surface area contributed by atoms with E-state index >= 15 is 0 Å². The molecular weight excluding hydrogens is 467 g/mol. The molecule has 2 aromatic rings. The molecule has 1 saturated carbocycles. The van der Waals surface area contributed by atoms with Crippen molar-refractivity contribution in [1.82, 2.24) is 14.9 Å². The fourth-order valence-corrected chi connectivity index (χ4v) is 5.52. The summed E-state index contributed by atoms with van der Waals surface area (Å²) in [4.78, 5) is 12.8. The quantitative estimate of drug-likeness (QED) is 0.580. The minimum absolute atomic E-state index is 0. The molecule has 0 unspecified atom stereocenters. The summed E-state index contributed by atoms with van der Waals surface area (Å²) in [6.07, 6.45) is 3.73. The second-order valence-corrected chi connectivity index (χ2v) is 9.93. The Hall–Kier alpha value is -0.410.